The maximum atomic E-state index is 11.7. The lowest BCUT2D eigenvalue weighted by atomic mass is 9.87. The van der Waals surface area contributed by atoms with Gasteiger partial charge in [0.05, 0.1) is 63.6 Å². The van der Waals surface area contributed by atoms with Crippen LogP contribution in [0.25, 0.3) is 0 Å². The van der Waals surface area contributed by atoms with Crippen molar-refractivity contribution in [2.45, 2.75) is 230 Å². The third kappa shape index (κ3) is 12.8. The topological polar surface area (TPSA) is 485 Å². The highest BCUT2D eigenvalue weighted by Crippen LogP contribution is 2.41. The van der Waals surface area contributed by atoms with Crippen molar-refractivity contribution in [1.29, 1.82) is 0 Å². The molecule has 34 unspecified atom stereocenters. The summed E-state index contributed by atoms with van der Waals surface area (Å²) in [5.74, 6) is -2.26. The van der Waals surface area contributed by atoms with Gasteiger partial charge in [-0.3, -0.25) is 0 Å². The van der Waals surface area contributed by atoms with E-state index in [1.807, 2.05) is 0 Å². The molecule has 460 valence electrons. The lowest BCUT2D eigenvalue weighted by molar-refractivity contribution is -0.393. The minimum absolute atomic E-state index is 0.0412. The SMILES string of the molecule is CCC12COC3OC(CO)C(OC4OC(CO)C(OC5OC(CO)C(OC6OC(CNC)C(OC7OC(CO)C(OC8OC(CO)C(OC(O1)C(O)C(O)C2)C(O)C8C)C(O)C7O)C(O)C6O)C(O)C5O)C(O)C4C)C(O)C3O. The highest BCUT2D eigenvalue weighted by Gasteiger charge is 2.59. The maximum Gasteiger partial charge on any atom is 0.187 e. The highest BCUT2D eigenvalue weighted by molar-refractivity contribution is 5.01. The number of ether oxygens (including phenoxy) is 14. The van der Waals surface area contributed by atoms with Crippen LogP contribution in [0.5, 0.6) is 0 Å². The van der Waals surface area contributed by atoms with Gasteiger partial charge >= 0.3 is 0 Å². The molecule has 18 N–H and O–H groups in total. The Labute approximate surface area is 452 Å². The zero-order valence-corrected chi connectivity index (χ0v) is 43.7. The van der Waals surface area contributed by atoms with Crippen LogP contribution in [0.3, 0.4) is 0 Å². The molecule has 0 spiro atoms. The lowest BCUT2D eigenvalue weighted by Crippen LogP contribution is -2.68. The molecule has 0 aromatic carbocycles. The van der Waals surface area contributed by atoms with Gasteiger partial charge < -0.3 is 158 Å². The predicted molar refractivity (Wildman–Crippen MR) is 249 cm³/mol. The number of aliphatic hydroxyl groups is 17. The Morgan fingerprint density at radius 2 is 0.671 bits per heavy atom. The molecule has 0 radical (unpaired) electrons. The largest absolute Gasteiger partial charge is 0.394 e. The van der Waals surface area contributed by atoms with Crippen molar-refractivity contribution >= 4 is 0 Å². The smallest absolute Gasteiger partial charge is 0.187 e. The second kappa shape index (κ2) is 27.0. The van der Waals surface area contributed by atoms with Gasteiger partial charge in [0.2, 0.25) is 0 Å². The van der Waals surface area contributed by atoms with Gasteiger partial charge in [-0.2, -0.15) is 0 Å². The zero-order valence-electron chi connectivity index (χ0n) is 43.7. The van der Waals surface area contributed by atoms with Crippen molar-refractivity contribution in [2.24, 2.45) is 11.8 Å². The van der Waals surface area contributed by atoms with E-state index >= 15 is 0 Å². The molecule has 14 heterocycles. The zero-order chi connectivity index (χ0) is 57.5. The highest BCUT2D eigenvalue weighted by atomic mass is 16.8. The first kappa shape index (κ1) is 63.7. The van der Waals surface area contributed by atoms with Gasteiger partial charge in [-0.15, -0.1) is 0 Å². The Morgan fingerprint density at radius 3 is 1.04 bits per heavy atom. The normalized spacial score (nSPS) is 54.4. The fraction of sp³-hybridized carbons (Fsp3) is 1.00. The molecule has 0 aromatic heterocycles. The lowest BCUT2D eigenvalue weighted by Gasteiger charge is -2.50. The first-order chi connectivity index (χ1) is 37.6. The van der Waals surface area contributed by atoms with Crippen molar-refractivity contribution < 1.29 is 153 Å². The molecule has 14 aliphatic heterocycles. The number of aliphatic hydroxyl groups excluding tert-OH is 17. The van der Waals surface area contributed by atoms with Gasteiger partial charge in [-0.05, 0) is 13.5 Å². The Bertz CT molecular complexity index is 1880. The maximum absolute atomic E-state index is 11.7. The first-order valence-corrected chi connectivity index (χ1v) is 26.6. The van der Waals surface area contributed by atoms with E-state index in [-0.39, 0.29) is 19.4 Å². The van der Waals surface area contributed by atoms with Gasteiger partial charge in [0, 0.05) is 24.8 Å². The second-order valence-electron chi connectivity index (χ2n) is 21.6. The number of fused-ring (bicyclic) bond motifs is 6. The Balaban J connectivity index is 1.08. The fourth-order valence-corrected chi connectivity index (χ4v) is 11.4. The Hall–Kier alpha value is -1.28. The van der Waals surface area contributed by atoms with Crippen LogP contribution in [0, 0.1) is 11.8 Å². The average Bonchev–Trinajstić information content (AvgIpc) is 3.47. The molecule has 32 heteroatoms. The van der Waals surface area contributed by atoms with Crippen molar-refractivity contribution in [3.8, 4) is 0 Å². The van der Waals surface area contributed by atoms with Gasteiger partial charge in [-0.1, -0.05) is 20.8 Å². The summed E-state index contributed by atoms with van der Waals surface area (Å²) in [6.45, 7) is -0.619. The molecule has 0 aliphatic carbocycles. The molecular formula is C47H81NO31. The minimum atomic E-state index is -2.06. The first-order valence-electron chi connectivity index (χ1n) is 26.6. The van der Waals surface area contributed by atoms with E-state index in [0.29, 0.717) is 0 Å². The molecule has 34 atom stereocenters. The fourth-order valence-electron chi connectivity index (χ4n) is 11.4. The number of likely N-dealkylation sites (N-methyl/N-ethyl adjacent to an activating group) is 1. The molecule has 0 amide bonds. The van der Waals surface area contributed by atoms with E-state index < -0.39 is 248 Å². The third-order valence-corrected chi connectivity index (χ3v) is 16.4. The van der Waals surface area contributed by atoms with Crippen molar-refractivity contribution in [3.63, 3.8) is 0 Å². The summed E-state index contributed by atoms with van der Waals surface area (Å²) < 4.78 is 83.8. The average molecular weight is 1160 g/mol. The van der Waals surface area contributed by atoms with Crippen molar-refractivity contribution in [2.75, 3.05) is 53.2 Å². The van der Waals surface area contributed by atoms with Crippen LogP contribution in [-0.2, 0) is 66.3 Å². The van der Waals surface area contributed by atoms with Crippen LogP contribution in [0.4, 0.5) is 0 Å². The predicted octanol–water partition coefficient (Wildman–Crippen LogP) is -10.6. The monoisotopic (exact) mass is 1160 g/mol. The summed E-state index contributed by atoms with van der Waals surface area (Å²) in [6, 6.07) is 0. The van der Waals surface area contributed by atoms with E-state index in [9.17, 15) is 86.8 Å². The van der Waals surface area contributed by atoms with E-state index in [1.54, 1.807) is 6.92 Å². The number of hydrogen-bond donors (Lipinski definition) is 18. The Morgan fingerprint density at radius 1 is 0.367 bits per heavy atom. The van der Waals surface area contributed by atoms with Crippen molar-refractivity contribution in [1.82, 2.24) is 5.32 Å². The molecular weight excluding hydrogens is 1070 g/mol. The standard InChI is InChI=1S/C47H81NO31/c1-5-47-6-16(54)25(57)46(79-47)78-36-19(9-50)69-41(15(3)24(36)56)74-38-21(11-52)71-44(32(64)28(38)60)75-34-17(7-48-4)67-43(31(63)27(34)59)77-39-22(12-53)72-45(33(65)29(39)61)76-35-18(8-49)68-40(14(2)23(35)55)73-37-20(10-51)70-42(66-13-47)30(62)26(37)58/h14-46,48-65H,5-13H2,1-4H3. The number of rotatable bonds is 8. The summed E-state index contributed by atoms with van der Waals surface area (Å²) in [4.78, 5) is 0. The van der Waals surface area contributed by atoms with Crippen LogP contribution < -0.4 is 5.32 Å². The number of nitrogens with one attached hydrogen (secondary N) is 1. The molecule has 14 fully saturated rings. The van der Waals surface area contributed by atoms with Crippen LogP contribution in [-0.4, -0.2) is 336 Å². The molecule has 0 saturated carbocycles. The second-order valence-corrected chi connectivity index (χ2v) is 21.6. The molecule has 0 aromatic rings. The van der Waals surface area contributed by atoms with Gasteiger partial charge in [0.1, 0.15) is 128 Å². The van der Waals surface area contributed by atoms with Crippen LogP contribution in [0.2, 0.25) is 0 Å². The van der Waals surface area contributed by atoms with Gasteiger partial charge in [0.15, 0.2) is 44.0 Å². The summed E-state index contributed by atoms with van der Waals surface area (Å²) in [6.07, 6.45) is -53.6. The molecule has 14 bridgehead atoms. The number of hydrogen-bond acceptors (Lipinski definition) is 32. The molecule has 14 saturated heterocycles. The van der Waals surface area contributed by atoms with E-state index in [2.05, 4.69) is 5.32 Å². The van der Waals surface area contributed by atoms with Crippen LogP contribution >= 0.6 is 0 Å². The Kier molecular flexibility index (Phi) is 21.8. The van der Waals surface area contributed by atoms with Crippen LogP contribution in [0.15, 0.2) is 0 Å². The molecule has 79 heavy (non-hydrogen) atoms. The van der Waals surface area contributed by atoms with E-state index in [4.69, 9.17) is 66.3 Å². The summed E-state index contributed by atoms with van der Waals surface area (Å²) >= 11 is 0. The summed E-state index contributed by atoms with van der Waals surface area (Å²) in [5.41, 5.74) is -1.55. The molecule has 32 nitrogen and oxygen atoms in total. The summed E-state index contributed by atoms with van der Waals surface area (Å²) in [7, 11) is 1.49. The molecule has 14 aliphatic rings. The van der Waals surface area contributed by atoms with E-state index in [0.717, 1.165) is 0 Å². The van der Waals surface area contributed by atoms with Gasteiger partial charge in [0.25, 0.3) is 0 Å². The van der Waals surface area contributed by atoms with Crippen LogP contribution in [0.1, 0.15) is 33.6 Å². The van der Waals surface area contributed by atoms with Gasteiger partial charge in [-0.25, -0.2) is 0 Å². The minimum Gasteiger partial charge on any atom is -0.394 e. The molecule has 14 rings (SSSR count). The quantitative estimate of drug-likeness (QED) is 0.107. The van der Waals surface area contributed by atoms with E-state index in [1.165, 1.54) is 20.9 Å². The summed E-state index contributed by atoms with van der Waals surface area (Å²) in [5, 5.41) is 193. The van der Waals surface area contributed by atoms with Crippen molar-refractivity contribution in [3.05, 3.63) is 0 Å². The third-order valence-electron chi connectivity index (χ3n) is 16.4.